The summed E-state index contributed by atoms with van der Waals surface area (Å²) in [6.07, 6.45) is 1.08. The average Bonchev–Trinajstić information content (AvgIpc) is 3.33. The summed E-state index contributed by atoms with van der Waals surface area (Å²) in [5.74, 6) is 0.735. The second-order valence-corrected chi connectivity index (χ2v) is 7.82. The van der Waals surface area contributed by atoms with Crippen LogP contribution in [0.15, 0.2) is 42.5 Å². The van der Waals surface area contributed by atoms with Crippen molar-refractivity contribution in [2.24, 2.45) is 0 Å². The van der Waals surface area contributed by atoms with E-state index in [1.165, 1.54) is 0 Å². The standard InChI is InChI=1S/C22H22ClN3O5/c23-16-4-1-14(2-5-16)9-10-24-20(27)8-6-17-21(28)26(22(29)25-17)12-15-3-7-18-19(11-15)31-13-30-18/h1-5,7,11,17H,6,8-10,12-13H2,(H,24,27)(H,25,29)/t17-/m1/s1. The van der Waals surface area contributed by atoms with Crippen LogP contribution < -0.4 is 20.1 Å². The van der Waals surface area contributed by atoms with Crippen molar-refractivity contribution in [3.05, 3.63) is 58.6 Å². The summed E-state index contributed by atoms with van der Waals surface area (Å²) in [7, 11) is 0. The van der Waals surface area contributed by atoms with Crippen LogP contribution in [0.1, 0.15) is 24.0 Å². The van der Waals surface area contributed by atoms with Gasteiger partial charge in [0.15, 0.2) is 11.5 Å². The predicted octanol–water partition coefficient (Wildman–Crippen LogP) is 2.63. The summed E-state index contributed by atoms with van der Waals surface area (Å²) in [5, 5.41) is 6.16. The van der Waals surface area contributed by atoms with E-state index in [1.807, 2.05) is 24.3 Å². The molecule has 2 aromatic rings. The summed E-state index contributed by atoms with van der Waals surface area (Å²) < 4.78 is 10.6. The van der Waals surface area contributed by atoms with Gasteiger partial charge in [-0.1, -0.05) is 29.8 Å². The second-order valence-electron chi connectivity index (χ2n) is 7.38. The van der Waals surface area contributed by atoms with Gasteiger partial charge in [0.05, 0.1) is 6.54 Å². The largest absolute Gasteiger partial charge is 0.454 e. The molecule has 1 saturated heterocycles. The van der Waals surface area contributed by atoms with Gasteiger partial charge in [0.25, 0.3) is 5.91 Å². The molecule has 2 aliphatic rings. The molecular formula is C22H22ClN3O5. The highest BCUT2D eigenvalue weighted by Gasteiger charge is 2.38. The Balaban J connectivity index is 1.23. The van der Waals surface area contributed by atoms with E-state index in [2.05, 4.69) is 10.6 Å². The number of nitrogens with zero attached hydrogens (tertiary/aromatic N) is 1. The molecule has 8 nitrogen and oxygen atoms in total. The van der Waals surface area contributed by atoms with E-state index >= 15 is 0 Å². The van der Waals surface area contributed by atoms with Gasteiger partial charge in [-0.2, -0.15) is 0 Å². The highest BCUT2D eigenvalue weighted by atomic mass is 35.5. The molecule has 0 bridgehead atoms. The number of hydrogen-bond acceptors (Lipinski definition) is 5. The Morgan fingerprint density at radius 3 is 2.65 bits per heavy atom. The van der Waals surface area contributed by atoms with Gasteiger partial charge in [-0.25, -0.2) is 4.79 Å². The highest BCUT2D eigenvalue weighted by molar-refractivity contribution is 6.30. The third kappa shape index (κ3) is 5.08. The Morgan fingerprint density at radius 2 is 1.84 bits per heavy atom. The lowest BCUT2D eigenvalue weighted by molar-refractivity contribution is -0.128. The second kappa shape index (κ2) is 9.26. The van der Waals surface area contributed by atoms with Crippen molar-refractivity contribution >= 4 is 29.4 Å². The van der Waals surface area contributed by atoms with Crippen molar-refractivity contribution < 1.29 is 23.9 Å². The minimum Gasteiger partial charge on any atom is -0.454 e. The molecule has 1 fully saturated rings. The third-order valence-corrected chi connectivity index (χ3v) is 5.45. The number of urea groups is 1. The van der Waals surface area contributed by atoms with E-state index in [0.717, 1.165) is 16.0 Å². The van der Waals surface area contributed by atoms with Crippen molar-refractivity contribution in [1.82, 2.24) is 15.5 Å². The first-order valence-electron chi connectivity index (χ1n) is 10.0. The Hall–Kier alpha value is -3.26. The van der Waals surface area contributed by atoms with Crippen molar-refractivity contribution in [1.29, 1.82) is 0 Å². The van der Waals surface area contributed by atoms with E-state index in [1.54, 1.807) is 18.2 Å². The van der Waals surface area contributed by atoms with Crippen molar-refractivity contribution in [3.8, 4) is 11.5 Å². The molecule has 0 unspecified atom stereocenters. The molecule has 4 amide bonds. The first-order chi connectivity index (χ1) is 15.0. The first-order valence-corrected chi connectivity index (χ1v) is 10.4. The van der Waals surface area contributed by atoms with Crippen LogP contribution in [0.3, 0.4) is 0 Å². The van der Waals surface area contributed by atoms with Gasteiger partial charge in [0.1, 0.15) is 6.04 Å². The molecule has 0 aliphatic carbocycles. The number of nitrogens with one attached hydrogen (secondary N) is 2. The minimum atomic E-state index is -0.705. The zero-order chi connectivity index (χ0) is 21.8. The molecule has 0 aromatic heterocycles. The lowest BCUT2D eigenvalue weighted by Crippen LogP contribution is -2.33. The fraction of sp³-hybridized carbons (Fsp3) is 0.318. The van der Waals surface area contributed by atoms with Crippen molar-refractivity contribution in [2.45, 2.75) is 31.8 Å². The number of amides is 4. The Kier molecular flexibility index (Phi) is 6.27. The number of hydrogen-bond donors (Lipinski definition) is 2. The Morgan fingerprint density at radius 1 is 1.10 bits per heavy atom. The lowest BCUT2D eigenvalue weighted by atomic mass is 10.1. The maximum absolute atomic E-state index is 12.6. The number of ether oxygens (including phenoxy) is 2. The van der Waals surface area contributed by atoms with Crippen LogP contribution in [0.4, 0.5) is 4.79 Å². The Bertz CT molecular complexity index is 995. The zero-order valence-corrected chi connectivity index (χ0v) is 17.5. The van der Waals surface area contributed by atoms with Gasteiger partial charge in [-0.15, -0.1) is 0 Å². The van der Waals surface area contributed by atoms with Crippen LogP contribution >= 0.6 is 11.6 Å². The van der Waals surface area contributed by atoms with E-state index < -0.39 is 12.1 Å². The number of imide groups is 1. The lowest BCUT2D eigenvalue weighted by Gasteiger charge is -2.13. The van der Waals surface area contributed by atoms with E-state index in [4.69, 9.17) is 21.1 Å². The predicted molar refractivity (Wildman–Crippen MR) is 113 cm³/mol. The van der Waals surface area contributed by atoms with Crippen LogP contribution in [0.5, 0.6) is 11.5 Å². The number of rotatable bonds is 8. The number of fused-ring (bicyclic) bond motifs is 1. The van der Waals surface area contributed by atoms with Crippen LogP contribution in [0, 0.1) is 0 Å². The normalized spacial score (nSPS) is 17.1. The first kappa shape index (κ1) is 21.0. The highest BCUT2D eigenvalue weighted by Crippen LogP contribution is 2.33. The van der Waals surface area contributed by atoms with Gasteiger partial charge in [-0.3, -0.25) is 14.5 Å². The molecule has 2 N–H and O–H groups in total. The summed E-state index contributed by atoms with van der Waals surface area (Å²) in [6, 6.07) is 11.6. The molecule has 162 valence electrons. The summed E-state index contributed by atoms with van der Waals surface area (Å²) >= 11 is 5.86. The van der Waals surface area contributed by atoms with Crippen molar-refractivity contribution in [3.63, 3.8) is 0 Å². The van der Waals surface area contributed by atoms with E-state index in [0.29, 0.717) is 29.5 Å². The third-order valence-electron chi connectivity index (χ3n) is 5.19. The number of carbonyl (C=O) groups is 3. The molecule has 0 saturated carbocycles. The topological polar surface area (TPSA) is 97.0 Å². The monoisotopic (exact) mass is 443 g/mol. The summed E-state index contributed by atoms with van der Waals surface area (Å²) in [6.45, 7) is 0.776. The molecule has 2 heterocycles. The zero-order valence-electron chi connectivity index (χ0n) is 16.7. The fourth-order valence-corrected chi connectivity index (χ4v) is 3.63. The van der Waals surface area contributed by atoms with E-state index in [-0.39, 0.29) is 38.0 Å². The number of benzene rings is 2. The smallest absolute Gasteiger partial charge is 0.325 e. The Labute approximate surface area is 184 Å². The van der Waals surface area contributed by atoms with Gasteiger partial charge < -0.3 is 20.1 Å². The average molecular weight is 444 g/mol. The number of halogens is 1. The summed E-state index contributed by atoms with van der Waals surface area (Å²) in [4.78, 5) is 38.2. The van der Waals surface area contributed by atoms with Gasteiger partial charge in [-0.05, 0) is 48.2 Å². The van der Waals surface area contributed by atoms with Gasteiger partial charge in [0, 0.05) is 18.0 Å². The van der Waals surface area contributed by atoms with Crippen molar-refractivity contribution in [2.75, 3.05) is 13.3 Å². The van der Waals surface area contributed by atoms with Gasteiger partial charge >= 0.3 is 6.03 Å². The molecule has 9 heteroatoms. The molecule has 0 radical (unpaired) electrons. The van der Waals surface area contributed by atoms with Crippen LogP contribution in [-0.4, -0.2) is 42.1 Å². The SMILES string of the molecule is O=C(CC[C@H]1NC(=O)N(Cc2ccc3c(c2)OCO3)C1=O)NCCc1ccc(Cl)cc1. The molecule has 31 heavy (non-hydrogen) atoms. The number of carbonyl (C=O) groups excluding carboxylic acids is 3. The quantitative estimate of drug-likeness (QED) is 0.611. The molecule has 2 aliphatic heterocycles. The molecular weight excluding hydrogens is 422 g/mol. The molecule has 4 rings (SSSR count). The summed E-state index contributed by atoms with van der Waals surface area (Å²) in [5.41, 5.74) is 1.83. The molecule has 0 spiro atoms. The molecule has 2 aromatic carbocycles. The van der Waals surface area contributed by atoms with Gasteiger partial charge in [0.2, 0.25) is 12.7 Å². The van der Waals surface area contributed by atoms with E-state index in [9.17, 15) is 14.4 Å². The maximum Gasteiger partial charge on any atom is 0.325 e. The van der Waals surface area contributed by atoms with Crippen LogP contribution in [-0.2, 0) is 22.6 Å². The minimum absolute atomic E-state index is 0.130. The maximum atomic E-state index is 12.6. The molecule has 1 atom stereocenters. The van der Waals surface area contributed by atoms with Crippen LogP contribution in [0.25, 0.3) is 0 Å². The van der Waals surface area contributed by atoms with Crippen LogP contribution in [0.2, 0.25) is 5.02 Å². The fourth-order valence-electron chi connectivity index (χ4n) is 3.51.